The lowest BCUT2D eigenvalue weighted by Crippen LogP contribution is -2.50. The van der Waals surface area contributed by atoms with E-state index in [0.717, 1.165) is 13.1 Å². The van der Waals surface area contributed by atoms with Crippen molar-refractivity contribution in [3.05, 3.63) is 17.9 Å². The maximum Gasteiger partial charge on any atom is 0.276 e. The van der Waals surface area contributed by atoms with Gasteiger partial charge in [0.1, 0.15) is 5.76 Å². The van der Waals surface area contributed by atoms with Crippen LogP contribution < -0.4 is 5.32 Å². The summed E-state index contributed by atoms with van der Waals surface area (Å²) in [6, 6.07) is 3.69. The lowest BCUT2D eigenvalue weighted by atomic mass is 10.3. The van der Waals surface area contributed by atoms with Crippen molar-refractivity contribution in [2.75, 3.05) is 33.2 Å². The predicted molar refractivity (Wildman–Crippen MR) is 76.9 cm³/mol. The maximum absolute atomic E-state index is 12.5. The first-order chi connectivity index (χ1) is 9.45. The van der Waals surface area contributed by atoms with Gasteiger partial charge >= 0.3 is 0 Å². The van der Waals surface area contributed by atoms with E-state index in [9.17, 15) is 8.42 Å². The van der Waals surface area contributed by atoms with E-state index >= 15 is 0 Å². The van der Waals surface area contributed by atoms with Gasteiger partial charge in [0.15, 0.2) is 0 Å². The molecule has 0 unspecified atom stereocenters. The summed E-state index contributed by atoms with van der Waals surface area (Å²) in [5.74, 6) is 0.631. The molecule has 0 atom stereocenters. The summed E-state index contributed by atoms with van der Waals surface area (Å²) in [6.07, 6.45) is 0. The van der Waals surface area contributed by atoms with E-state index in [2.05, 4.69) is 24.1 Å². The number of piperazine rings is 1. The van der Waals surface area contributed by atoms with Crippen LogP contribution in [0.1, 0.15) is 19.6 Å². The van der Waals surface area contributed by atoms with Crippen molar-refractivity contribution < 1.29 is 12.8 Å². The molecule has 1 aliphatic heterocycles. The molecule has 1 fully saturated rings. The zero-order valence-corrected chi connectivity index (χ0v) is 13.1. The summed E-state index contributed by atoms with van der Waals surface area (Å²) in [6.45, 7) is 7.34. The third-order valence-corrected chi connectivity index (χ3v) is 5.36. The molecule has 6 nitrogen and oxygen atoms in total. The van der Waals surface area contributed by atoms with Gasteiger partial charge in [0.05, 0.1) is 6.54 Å². The minimum atomic E-state index is -3.50. The number of nitrogens with zero attached hydrogens (tertiary/aromatic N) is 2. The quantitative estimate of drug-likeness (QED) is 0.868. The monoisotopic (exact) mass is 301 g/mol. The first-order valence-corrected chi connectivity index (χ1v) is 8.36. The molecule has 0 saturated carbocycles. The van der Waals surface area contributed by atoms with Gasteiger partial charge in [-0.1, -0.05) is 0 Å². The molecule has 20 heavy (non-hydrogen) atoms. The van der Waals surface area contributed by atoms with Gasteiger partial charge in [0, 0.05) is 32.2 Å². The van der Waals surface area contributed by atoms with E-state index in [1.807, 2.05) is 0 Å². The highest BCUT2D eigenvalue weighted by Crippen LogP contribution is 2.20. The van der Waals surface area contributed by atoms with E-state index in [1.165, 1.54) is 10.4 Å². The Bertz CT molecular complexity index is 531. The Morgan fingerprint density at radius 1 is 1.25 bits per heavy atom. The second-order valence-electron chi connectivity index (χ2n) is 5.28. The molecule has 2 heterocycles. The number of hydrogen-bond donors (Lipinski definition) is 1. The average Bonchev–Trinajstić information content (AvgIpc) is 2.88. The van der Waals surface area contributed by atoms with Crippen molar-refractivity contribution in [3.8, 4) is 0 Å². The highest BCUT2D eigenvalue weighted by Gasteiger charge is 2.31. The van der Waals surface area contributed by atoms with Crippen molar-refractivity contribution in [1.29, 1.82) is 0 Å². The summed E-state index contributed by atoms with van der Waals surface area (Å²) in [5, 5.41) is 2.98. The lowest BCUT2D eigenvalue weighted by molar-refractivity contribution is 0.153. The summed E-state index contributed by atoms with van der Waals surface area (Å²) in [7, 11) is -1.70. The topological polar surface area (TPSA) is 65.8 Å². The van der Waals surface area contributed by atoms with Crippen LogP contribution in [0, 0.1) is 0 Å². The molecule has 114 valence electrons. The van der Waals surface area contributed by atoms with Crippen molar-refractivity contribution >= 4 is 10.0 Å². The average molecular weight is 301 g/mol. The normalized spacial score (nSPS) is 18.8. The van der Waals surface area contributed by atoms with Crippen LogP contribution in [-0.2, 0) is 16.6 Å². The predicted octanol–water partition coefficient (Wildman–Crippen LogP) is 0.714. The first-order valence-electron chi connectivity index (χ1n) is 6.92. The summed E-state index contributed by atoms with van der Waals surface area (Å²) < 4.78 is 31.9. The van der Waals surface area contributed by atoms with E-state index in [4.69, 9.17) is 4.42 Å². The number of furan rings is 1. The van der Waals surface area contributed by atoms with E-state index in [1.54, 1.807) is 13.1 Å². The van der Waals surface area contributed by atoms with E-state index in [0.29, 0.717) is 31.4 Å². The molecule has 0 radical (unpaired) electrons. The van der Waals surface area contributed by atoms with Gasteiger partial charge in [0.2, 0.25) is 5.09 Å². The molecule has 1 aliphatic rings. The van der Waals surface area contributed by atoms with Crippen molar-refractivity contribution in [3.63, 3.8) is 0 Å². The van der Waals surface area contributed by atoms with Gasteiger partial charge in [0.25, 0.3) is 10.0 Å². The molecule has 0 bridgehead atoms. The second kappa shape index (κ2) is 6.26. The smallest absolute Gasteiger partial charge is 0.276 e. The van der Waals surface area contributed by atoms with Gasteiger partial charge in [-0.15, -0.1) is 0 Å². The molecule has 0 amide bonds. The Labute approximate surface area is 120 Å². The van der Waals surface area contributed by atoms with Gasteiger partial charge in [-0.2, -0.15) is 4.31 Å². The fourth-order valence-electron chi connectivity index (χ4n) is 2.35. The number of nitrogens with one attached hydrogen (secondary N) is 1. The fourth-order valence-corrected chi connectivity index (χ4v) is 3.70. The minimum Gasteiger partial charge on any atom is -0.447 e. The maximum atomic E-state index is 12.5. The molecule has 1 N–H and O–H groups in total. The van der Waals surface area contributed by atoms with Crippen LogP contribution in [0.5, 0.6) is 0 Å². The molecule has 1 saturated heterocycles. The van der Waals surface area contributed by atoms with Crippen molar-refractivity contribution in [2.24, 2.45) is 0 Å². The minimum absolute atomic E-state index is 0.0424. The Hall–Kier alpha value is -0.890. The van der Waals surface area contributed by atoms with Crippen LogP contribution >= 0.6 is 0 Å². The van der Waals surface area contributed by atoms with Gasteiger partial charge in [-0.05, 0) is 33.0 Å². The Kier molecular flexibility index (Phi) is 4.85. The van der Waals surface area contributed by atoms with Crippen molar-refractivity contribution in [2.45, 2.75) is 31.5 Å². The van der Waals surface area contributed by atoms with Crippen LogP contribution in [0.2, 0.25) is 0 Å². The molecule has 0 aliphatic carbocycles. The second-order valence-corrected chi connectivity index (χ2v) is 7.15. The Morgan fingerprint density at radius 2 is 1.90 bits per heavy atom. The third kappa shape index (κ3) is 3.22. The van der Waals surface area contributed by atoms with Crippen LogP contribution in [0.4, 0.5) is 0 Å². The zero-order valence-electron chi connectivity index (χ0n) is 12.3. The molecular weight excluding hydrogens is 278 g/mol. The van der Waals surface area contributed by atoms with Crippen molar-refractivity contribution in [1.82, 2.24) is 14.5 Å². The molecule has 7 heteroatoms. The third-order valence-electron chi connectivity index (χ3n) is 3.59. The van der Waals surface area contributed by atoms with E-state index < -0.39 is 10.0 Å². The first kappa shape index (κ1) is 15.5. The fraction of sp³-hybridized carbons (Fsp3) is 0.692. The highest BCUT2D eigenvalue weighted by atomic mass is 32.2. The van der Waals surface area contributed by atoms with Gasteiger partial charge in [-0.3, -0.25) is 4.90 Å². The van der Waals surface area contributed by atoms with Crippen LogP contribution in [0.3, 0.4) is 0 Å². The summed E-state index contributed by atoms with van der Waals surface area (Å²) in [4.78, 5) is 2.28. The van der Waals surface area contributed by atoms with Crippen LogP contribution in [0.15, 0.2) is 21.6 Å². The molecular formula is C13H23N3O3S. The SMILES string of the molecule is CNCc1ccc(S(=O)(=O)N2CCN(C(C)C)CC2)o1. The van der Waals surface area contributed by atoms with E-state index in [-0.39, 0.29) is 5.09 Å². The zero-order chi connectivity index (χ0) is 14.8. The summed E-state index contributed by atoms with van der Waals surface area (Å²) in [5.41, 5.74) is 0. The molecule has 2 rings (SSSR count). The number of sulfonamides is 1. The molecule has 1 aromatic heterocycles. The Morgan fingerprint density at radius 3 is 2.45 bits per heavy atom. The van der Waals surface area contributed by atoms with Gasteiger partial charge in [-0.25, -0.2) is 8.42 Å². The number of hydrogen-bond acceptors (Lipinski definition) is 5. The van der Waals surface area contributed by atoms with Crippen LogP contribution in [0.25, 0.3) is 0 Å². The Balaban J connectivity index is 2.07. The van der Waals surface area contributed by atoms with Gasteiger partial charge < -0.3 is 9.73 Å². The molecule has 0 aromatic carbocycles. The lowest BCUT2D eigenvalue weighted by Gasteiger charge is -2.35. The highest BCUT2D eigenvalue weighted by molar-refractivity contribution is 7.89. The van der Waals surface area contributed by atoms with Crippen LogP contribution in [-0.4, -0.2) is 56.9 Å². The molecule has 0 spiro atoms. The number of rotatable bonds is 5. The summed E-state index contributed by atoms with van der Waals surface area (Å²) >= 11 is 0. The molecule has 1 aromatic rings. The standard InChI is InChI=1S/C13H23N3O3S/c1-11(2)15-6-8-16(9-7-15)20(17,18)13-5-4-12(19-13)10-14-3/h4-5,11,14H,6-10H2,1-3H3. The largest absolute Gasteiger partial charge is 0.447 e.